The average Bonchev–Trinajstić information content (AvgIpc) is 2.31. The standard InChI is InChI=1S/C14H23NO2/c1-13(2)14(16)17-12-10-8-6-4-3-5-7-9-11-15/h1,3-10,12H2,2H3. The molecule has 0 rings (SSSR count). The Balaban J connectivity index is 3.12. The Kier molecular flexibility index (Phi) is 10.3. The van der Waals surface area contributed by atoms with E-state index in [1.165, 1.54) is 19.3 Å². The van der Waals surface area contributed by atoms with Gasteiger partial charge in [0, 0.05) is 12.0 Å². The van der Waals surface area contributed by atoms with Crippen molar-refractivity contribution in [2.75, 3.05) is 6.61 Å². The molecule has 0 atom stereocenters. The summed E-state index contributed by atoms with van der Waals surface area (Å²) in [5, 5.41) is 8.35. The van der Waals surface area contributed by atoms with Gasteiger partial charge in [-0.15, -0.1) is 0 Å². The van der Waals surface area contributed by atoms with Gasteiger partial charge in [0.05, 0.1) is 12.7 Å². The Bertz CT molecular complexity index is 266. The molecule has 0 aromatic rings. The lowest BCUT2D eigenvalue weighted by Gasteiger charge is -2.04. The lowest BCUT2D eigenvalue weighted by Crippen LogP contribution is -2.05. The van der Waals surface area contributed by atoms with Crippen LogP contribution in [0.4, 0.5) is 0 Å². The molecule has 0 radical (unpaired) electrons. The van der Waals surface area contributed by atoms with Crippen molar-refractivity contribution in [3.05, 3.63) is 12.2 Å². The number of ether oxygens (including phenoxy) is 1. The first kappa shape index (κ1) is 15.7. The predicted molar refractivity (Wildman–Crippen MR) is 68.3 cm³/mol. The number of rotatable bonds is 10. The molecular formula is C14H23NO2. The number of esters is 1. The van der Waals surface area contributed by atoms with Crippen LogP contribution >= 0.6 is 0 Å². The van der Waals surface area contributed by atoms with E-state index in [0.717, 1.165) is 25.7 Å². The summed E-state index contributed by atoms with van der Waals surface area (Å²) >= 11 is 0. The molecule has 0 saturated carbocycles. The van der Waals surface area contributed by atoms with E-state index in [9.17, 15) is 4.79 Å². The lowest BCUT2D eigenvalue weighted by molar-refractivity contribution is -0.139. The molecule has 0 heterocycles. The topological polar surface area (TPSA) is 50.1 Å². The molecule has 0 aliphatic carbocycles. The third-order valence-corrected chi connectivity index (χ3v) is 2.51. The third kappa shape index (κ3) is 11.0. The highest BCUT2D eigenvalue weighted by molar-refractivity contribution is 5.86. The number of unbranched alkanes of at least 4 members (excludes halogenated alkanes) is 7. The van der Waals surface area contributed by atoms with Gasteiger partial charge in [-0.25, -0.2) is 4.79 Å². The van der Waals surface area contributed by atoms with E-state index >= 15 is 0 Å². The van der Waals surface area contributed by atoms with Crippen molar-refractivity contribution in [1.82, 2.24) is 0 Å². The summed E-state index contributed by atoms with van der Waals surface area (Å²) in [4.78, 5) is 11.0. The van der Waals surface area contributed by atoms with E-state index in [4.69, 9.17) is 10.00 Å². The Hall–Kier alpha value is -1.30. The fraction of sp³-hybridized carbons (Fsp3) is 0.714. The molecule has 3 heteroatoms. The fourth-order valence-electron chi connectivity index (χ4n) is 1.48. The van der Waals surface area contributed by atoms with Crippen LogP contribution in [0.3, 0.4) is 0 Å². The highest BCUT2D eigenvalue weighted by atomic mass is 16.5. The van der Waals surface area contributed by atoms with Crippen LogP contribution in [0, 0.1) is 11.3 Å². The van der Waals surface area contributed by atoms with Crippen molar-refractivity contribution >= 4 is 5.97 Å². The number of nitriles is 1. The molecule has 0 saturated heterocycles. The summed E-state index contributed by atoms with van der Waals surface area (Å²) in [6.07, 6.45) is 8.46. The first-order chi connectivity index (χ1) is 8.18. The molecule has 0 fully saturated rings. The maximum Gasteiger partial charge on any atom is 0.333 e. The molecule has 0 aromatic carbocycles. The number of carbonyl (C=O) groups excluding carboxylic acids is 1. The van der Waals surface area contributed by atoms with Gasteiger partial charge in [-0.3, -0.25) is 0 Å². The summed E-state index contributed by atoms with van der Waals surface area (Å²) in [7, 11) is 0. The number of hydrogen-bond donors (Lipinski definition) is 0. The summed E-state index contributed by atoms with van der Waals surface area (Å²) in [6, 6.07) is 2.15. The summed E-state index contributed by atoms with van der Waals surface area (Å²) < 4.78 is 4.99. The van der Waals surface area contributed by atoms with Crippen molar-refractivity contribution < 1.29 is 9.53 Å². The maximum atomic E-state index is 11.0. The predicted octanol–water partition coefficient (Wildman–Crippen LogP) is 3.75. The zero-order chi connectivity index (χ0) is 12.9. The van der Waals surface area contributed by atoms with E-state index < -0.39 is 0 Å². The van der Waals surface area contributed by atoms with Crippen LogP contribution < -0.4 is 0 Å². The second kappa shape index (κ2) is 11.2. The van der Waals surface area contributed by atoms with Crippen molar-refractivity contribution in [1.29, 1.82) is 5.26 Å². The minimum atomic E-state index is -0.290. The van der Waals surface area contributed by atoms with Crippen molar-refractivity contribution in [2.45, 2.75) is 58.3 Å². The van der Waals surface area contributed by atoms with Crippen LogP contribution in [-0.4, -0.2) is 12.6 Å². The zero-order valence-corrected chi connectivity index (χ0v) is 10.8. The molecule has 0 aromatic heterocycles. The summed E-state index contributed by atoms with van der Waals surface area (Å²) in [6.45, 7) is 5.68. The Morgan fingerprint density at radius 2 is 1.65 bits per heavy atom. The van der Waals surface area contributed by atoms with Gasteiger partial charge in [-0.2, -0.15) is 5.26 Å². The van der Waals surface area contributed by atoms with Gasteiger partial charge in [0.1, 0.15) is 0 Å². The SMILES string of the molecule is C=C(C)C(=O)OCCCCCCCCCC#N. The fourth-order valence-corrected chi connectivity index (χ4v) is 1.48. The van der Waals surface area contributed by atoms with Gasteiger partial charge in [-0.1, -0.05) is 38.7 Å². The molecule has 3 nitrogen and oxygen atoms in total. The van der Waals surface area contributed by atoms with Gasteiger partial charge >= 0.3 is 5.97 Å². The molecule has 0 aliphatic heterocycles. The molecule has 0 spiro atoms. The van der Waals surface area contributed by atoms with E-state index in [1.54, 1.807) is 6.92 Å². The quantitative estimate of drug-likeness (QED) is 0.330. The minimum absolute atomic E-state index is 0.290. The molecule has 96 valence electrons. The Morgan fingerprint density at radius 1 is 1.12 bits per heavy atom. The normalized spacial score (nSPS) is 9.65. The third-order valence-electron chi connectivity index (χ3n) is 2.51. The van der Waals surface area contributed by atoms with Crippen LogP contribution in [-0.2, 0) is 9.53 Å². The van der Waals surface area contributed by atoms with Crippen LogP contribution in [0.2, 0.25) is 0 Å². The smallest absolute Gasteiger partial charge is 0.333 e. The minimum Gasteiger partial charge on any atom is -0.462 e. The second-order valence-electron chi connectivity index (χ2n) is 4.30. The zero-order valence-electron chi connectivity index (χ0n) is 10.8. The molecule has 0 N–H and O–H groups in total. The monoisotopic (exact) mass is 237 g/mol. The van der Waals surface area contributed by atoms with E-state index in [1.807, 2.05) is 0 Å². The average molecular weight is 237 g/mol. The van der Waals surface area contributed by atoms with Crippen LogP contribution in [0.15, 0.2) is 12.2 Å². The van der Waals surface area contributed by atoms with Gasteiger partial charge in [0.15, 0.2) is 0 Å². The molecule has 0 bridgehead atoms. The molecular weight excluding hydrogens is 214 g/mol. The van der Waals surface area contributed by atoms with Gasteiger partial charge in [0.2, 0.25) is 0 Å². The number of carbonyl (C=O) groups is 1. The van der Waals surface area contributed by atoms with Crippen LogP contribution in [0.25, 0.3) is 0 Å². The Labute approximate surface area is 104 Å². The first-order valence-electron chi connectivity index (χ1n) is 6.38. The lowest BCUT2D eigenvalue weighted by atomic mass is 10.1. The number of hydrogen-bond acceptors (Lipinski definition) is 3. The van der Waals surface area contributed by atoms with E-state index in [2.05, 4.69) is 12.6 Å². The second-order valence-corrected chi connectivity index (χ2v) is 4.30. The highest BCUT2D eigenvalue weighted by Gasteiger charge is 2.01. The van der Waals surface area contributed by atoms with Gasteiger partial charge in [-0.05, 0) is 19.8 Å². The van der Waals surface area contributed by atoms with Crippen molar-refractivity contribution in [3.63, 3.8) is 0 Å². The molecule has 0 unspecified atom stereocenters. The maximum absolute atomic E-state index is 11.0. The molecule has 0 aliphatic rings. The van der Waals surface area contributed by atoms with E-state index in [0.29, 0.717) is 18.6 Å². The molecule has 0 amide bonds. The number of nitrogens with zero attached hydrogens (tertiary/aromatic N) is 1. The van der Waals surface area contributed by atoms with Crippen LogP contribution in [0.5, 0.6) is 0 Å². The van der Waals surface area contributed by atoms with Crippen molar-refractivity contribution in [2.24, 2.45) is 0 Å². The highest BCUT2D eigenvalue weighted by Crippen LogP contribution is 2.08. The largest absolute Gasteiger partial charge is 0.462 e. The van der Waals surface area contributed by atoms with Gasteiger partial charge in [0.25, 0.3) is 0 Å². The van der Waals surface area contributed by atoms with Crippen LogP contribution in [0.1, 0.15) is 58.3 Å². The van der Waals surface area contributed by atoms with E-state index in [-0.39, 0.29) is 5.97 Å². The summed E-state index contributed by atoms with van der Waals surface area (Å²) in [5.74, 6) is -0.290. The van der Waals surface area contributed by atoms with Crippen molar-refractivity contribution in [3.8, 4) is 6.07 Å². The first-order valence-corrected chi connectivity index (χ1v) is 6.38. The summed E-state index contributed by atoms with van der Waals surface area (Å²) in [5.41, 5.74) is 0.461. The Morgan fingerprint density at radius 3 is 2.18 bits per heavy atom. The molecule has 17 heavy (non-hydrogen) atoms. The van der Waals surface area contributed by atoms with Gasteiger partial charge < -0.3 is 4.74 Å².